The van der Waals surface area contributed by atoms with Crippen LogP contribution in [0, 0.1) is 6.92 Å². The van der Waals surface area contributed by atoms with Gasteiger partial charge in [-0.2, -0.15) is 0 Å². The van der Waals surface area contributed by atoms with Gasteiger partial charge < -0.3 is 14.2 Å². The summed E-state index contributed by atoms with van der Waals surface area (Å²) in [6, 6.07) is 2.24. The van der Waals surface area contributed by atoms with Crippen LogP contribution in [0.4, 0.5) is 0 Å². The Morgan fingerprint density at radius 1 is 1.11 bits per heavy atom. The Hall–Kier alpha value is -1.13. The second-order valence-electron chi connectivity index (χ2n) is 6.04. The van der Waals surface area contributed by atoms with Crippen LogP contribution in [0.25, 0.3) is 0 Å². The van der Waals surface area contributed by atoms with Crippen molar-refractivity contribution in [2.75, 3.05) is 19.8 Å². The highest BCUT2D eigenvalue weighted by Gasteiger charge is 2.50. The van der Waals surface area contributed by atoms with Crippen LogP contribution in [0.1, 0.15) is 36.8 Å². The lowest BCUT2D eigenvalue weighted by atomic mass is 9.69. The first-order valence-corrected chi connectivity index (χ1v) is 7.09. The molecule has 1 aromatic rings. The van der Waals surface area contributed by atoms with Gasteiger partial charge in [0.1, 0.15) is 0 Å². The molecule has 0 radical (unpaired) electrons. The Kier molecular flexibility index (Phi) is 2.42. The fourth-order valence-corrected chi connectivity index (χ4v) is 3.64. The summed E-state index contributed by atoms with van der Waals surface area (Å²) in [5.74, 6) is 0.528. The molecule has 0 N–H and O–H groups in total. The molecule has 1 aromatic heterocycles. The first-order valence-electron chi connectivity index (χ1n) is 7.09. The molecule has 0 unspecified atom stereocenters. The smallest absolute Gasteiger partial charge is 0.217 e. The minimum atomic E-state index is -0.300. The van der Waals surface area contributed by atoms with Crippen LogP contribution in [0.15, 0.2) is 12.3 Å². The summed E-state index contributed by atoms with van der Waals surface area (Å²) in [7, 11) is 0. The number of nitrogens with zero attached hydrogens (tertiary/aromatic N) is 1. The van der Waals surface area contributed by atoms with Crippen LogP contribution in [-0.2, 0) is 14.9 Å². The highest BCUT2D eigenvalue weighted by molar-refractivity contribution is 5.41. The average molecular weight is 261 g/mol. The largest absolute Gasteiger partial charge is 0.476 e. The lowest BCUT2D eigenvalue weighted by molar-refractivity contribution is -0.185. The number of aromatic nitrogens is 1. The minimum Gasteiger partial charge on any atom is -0.476 e. The fourth-order valence-electron chi connectivity index (χ4n) is 3.64. The average Bonchev–Trinajstić information content (AvgIpc) is 3.01. The van der Waals surface area contributed by atoms with Gasteiger partial charge >= 0.3 is 0 Å². The van der Waals surface area contributed by atoms with Crippen molar-refractivity contribution in [3.05, 3.63) is 23.4 Å². The van der Waals surface area contributed by atoms with Crippen molar-refractivity contribution < 1.29 is 14.2 Å². The number of pyridine rings is 1. The first-order chi connectivity index (χ1) is 9.22. The van der Waals surface area contributed by atoms with Crippen molar-refractivity contribution in [1.82, 2.24) is 4.98 Å². The van der Waals surface area contributed by atoms with Gasteiger partial charge in [-0.3, -0.25) is 0 Å². The van der Waals surface area contributed by atoms with Crippen molar-refractivity contribution in [2.45, 2.75) is 43.8 Å². The molecule has 19 heavy (non-hydrogen) atoms. The highest BCUT2D eigenvalue weighted by atomic mass is 16.7. The van der Waals surface area contributed by atoms with Crippen LogP contribution in [-0.4, -0.2) is 30.6 Å². The van der Waals surface area contributed by atoms with Crippen molar-refractivity contribution >= 4 is 0 Å². The van der Waals surface area contributed by atoms with E-state index in [0.29, 0.717) is 0 Å². The summed E-state index contributed by atoms with van der Waals surface area (Å²) in [5.41, 5.74) is 2.63. The monoisotopic (exact) mass is 261 g/mol. The van der Waals surface area contributed by atoms with Gasteiger partial charge in [0.25, 0.3) is 0 Å². The molecule has 0 amide bonds. The van der Waals surface area contributed by atoms with Crippen LogP contribution >= 0.6 is 0 Å². The molecule has 2 spiro atoms. The normalized spacial score (nSPS) is 26.6. The lowest BCUT2D eigenvalue weighted by Crippen LogP contribution is -2.43. The number of ether oxygens (including phenoxy) is 3. The molecule has 0 bridgehead atoms. The molecular formula is C15H19NO3. The second-order valence-corrected chi connectivity index (χ2v) is 6.04. The SMILES string of the molecule is Cc1cnc2c(c1)C1(CCC3(CC1)OCCO3)CO2. The van der Waals surface area contributed by atoms with E-state index in [4.69, 9.17) is 14.2 Å². The number of aryl methyl sites for hydroxylation is 1. The van der Waals surface area contributed by atoms with Crippen molar-refractivity contribution in [3.8, 4) is 5.88 Å². The van der Waals surface area contributed by atoms with E-state index in [2.05, 4.69) is 18.0 Å². The Morgan fingerprint density at radius 2 is 1.84 bits per heavy atom. The molecule has 4 rings (SSSR count). The van der Waals surface area contributed by atoms with E-state index in [0.717, 1.165) is 51.4 Å². The predicted octanol–water partition coefficient (Wildman–Crippen LogP) is 2.34. The van der Waals surface area contributed by atoms with E-state index < -0.39 is 0 Å². The van der Waals surface area contributed by atoms with Gasteiger partial charge in [-0.15, -0.1) is 0 Å². The summed E-state index contributed by atoms with van der Waals surface area (Å²) in [6.45, 7) is 4.32. The molecule has 0 aromatic carbocycles. The molecule has 1 aliphatic carbocycles. The third-order valence-electron chi connectivity index (χ3n) is 4.83. The topological polar surface area (TPSA) is 40.6 Å². The third-order valence-corrected chi connectivity index (χ3v) is 4.83. The van der Waals surface area contributed by atoms with Gasteiger partial charge in [-0.1, -0.05) is 0 Å². The highest BCUT2D eigenvalue weighted by Crippen LogP contribution is 2.51. The van der Waals surface area contributed by atoms with Gasteiger partial charge in [0.2, 0.25) is 5.88 Å². The van der Waals surface area contributed by atoms with E-state index in [9.17, 15) is 0 Å². The summed E-state index contributed by atoms with van der Waals surface area (Å²) in [4.78, 5) is 4.41. The maximum Gasteiger partial charge on any atom is 0.217 e. The summed E-state index contributed by atoms with van der Waals surface area (Å²) in [6.07, 6.45) is 5.93. The van der Waals surface area contributed by atoms with Crippen LogP contribution in [0.3, 0.4) is 0 Å². The molecule has 0 atom stereocenters. The van der Waals surface area contributed by atoms with Crippen molar-refractivity contribution in [2.24, 2.45) is 0 Å². The number of hydrogen-bond acceptors (Lipinski definition) is 4. The van der Waals surface area contributed by atoms with E-state index >= 15 is 0 Å². The van der Waals surface area contributed by atoms with E-state index in [-0.39, 0.29) is 11.2 Å². The van der Waals surface area contributed by atoms with Crippen LogP contribution in [0.2, 0.25) is 0 Å². The van der Waals surface area contributed by atoms with E-state index in [1.54, 1.807) is 0 Å². The zero-order valence-corrected chi connectivity index (χ0v) is 11.3. The Labute approximate surface area is 113 Å². The quantitative estimate of drug-likeness (QED) is 0.718. The second kappa shape index (κ2) is 3.93. The van der Waals surface area contributed by atoms with E-state index in [1.807, 2.05) is 6.20 Å². The van der Waals surface area contributed by atoms with Crippen molar-refractivity contribution in [1.29, 1.82) is 0 Å². The molecule has 1 saturated carbocycles. The molecule has 4 heteroatoms. The third kappa shape index (κ3) is 1.70. The molecule has 2 aliphatic heterocycles. The van der Waals surface area contributed by atoms with Gasteiger partial charge in [0.05, 0.1) is 19.8 Å². The Morgan fingerprint density at radius 3 is 2.58 bits per heavy atom. The van der Waals surface area contributed by atoms with E-state index in [1.165, 1.54) is 11.1 Å². The zero-order chi connectivity index (χ0) is 12.9. The number of rotatable bonds is 0. The van der Waals surface area contributed by atoms with Gasteiger partial charge in [0, 0.05) is 30.0 Å². The molecular weight excluding hydrogens is 242 g/mol. The molecule has 2 fully saturated rings. The molecule has 3 aliphatic rings. The molecule has 3 heterocycles. The van der Waals surface area contributed by atoms with Crippen molar-refractivity contribution in [3.63, 3.8) is 0 Å². The Balaban J connectivity index is 1.63. The fraction of sp³-hybridized carbons (Fsp3) is 0.667. The zero-order valence-electron chi connectivity index (χ0n) is 11.3. The standard InChI is InChI=1S/C15H19NO3/c1-11-8-12-13(16-9-11)17-10-14(12)2-4-15(5-3-14)18-6-7-19-15/h8-9H,2-7,10H2,1H3. The van der Waals surface area contributed by atoms with Gasteiger partial charge in [-0.05, 0) is 31.4 Å². The molecule has 4 nitrogen and oxygen atoms in total. The predicted molar refractivity (Wildman–Crippen MR) is 69.3 cm³/mol. The number of hydrogen-bond donors (Lipinski definition) is 0. The first kappa shape index (κ1) is 11.7. The lowest BCUT2D eigenvalue weighted by Gasteiger charge is -2.40. The van der Waals surface area contributed by atoms with Gasteiger partial charge in [-0.25, -0.2) is 4.98 Å². The maximum atomic E-state index is 5.82. The maximum absolute atomic E-state index is 5.82. The molecule has 1 saturated heterocycles. The minimum absolute atomic E-state index is 0.134. The van der Waals surface area contributed by atoms with Crippen LogP contribution < -0.4 is 4.74 Å². The number of fused-ring (bicyclic) bond motifs is 2. The Bertz CT molecular complexity index is 498. The molecule has 102 valence electrons. The van der Waals surface area contributed by atoms with Gasteiger partial charge in [0.15, 0.2) is 5.79 Å². The summed E-state index contributed by atoms with van der Waals surface area (Å²) < 4.78 is 17.4. The summed E-state index contributed by atoms with van der Waals surface area (Å²) >= 11 is 0. The summed E-state index contributed by atoms with van der Waals surface area (Å²) in [5, 5.41) is 0. The van der Waals surface area contributed by atoms with Crippen LogP contribution in [0.5, 0.6) is 5.88 Å².